The fraction of sp³-hybridized carbons (Fsp3) is 0.458. The predicted octanol–water partition coefficient (Wildman–Crippen LogP) is 1.96. The summed E-state index contributed by atoms with van der Waals surface area (Å²) in [5.41, 5.74) is 2.53. The van der Waals surface area contributed by atoms with Crippen molar-refractivity contribution < 1.29 is 22.7 Å². The number of hydrogen-bond donors (Lipinski definition) is 1. The normalized spacial score (nSPS) is 21.3. The first-order chi connectivity index (χ1) is 16.0. The second-order valence-corrected chi connectivity index (χ2v) is 10.6. The number of nitrogens with zero attached hydrogens (tertiary/aromatic N) is 2. The van der Waals surface area contributed by atoms with Gasteiger partial charge in [-0.15, -0.1) is 0 Å². The molecule has 3 aliphatic rings. The molecule has 8 nitrogen and oxygen atoms in total. The van der Waals surface area contributed by atoms with Crippen LogP contribution in [0.25, 0.3) is 0 Å². The third-order valence-corrected chi connectivity index (χ3v) is 8.45. The number of hydrogen-bond acceptors (Lipinski definition) is 6. The Hall–Kier alpha value is -2.62. The second-order valence-electron chi connectivity index (χ2n) is 8.70. The molecule has 0 bridgehead atoms. The number of sulfonamides is 1. The average Bonchev–Trinajstić information content (AvgIpc) is 2.84. The Morgan fingerprint density at radius 2 is 1.76 bits per heavy atom. The number of fused-ring (bicyclic) bond motifs is 2. The third-order valence-electron chi connectivity index (χ3n) is 6.55. The largest absolute Gasteiger partial charge is 0.486 e. The van der Waals surface area contributed by atoms with Gasteiger partial charge in [-0.2, -0.15) is 4.31 Å². The summed E-state index contributed by atoms with van der Waals surface area (Å²) in [6, 6.07) is 13.1. The first kappa shape index (κ1) is 22.2. The van der Waals surface area contributed by atoms with Crippen molar-refractivity contribution in [1.29, 1.82) is 0 Å². The van der Waals surface area contributed by atoms with Gasteiger partial charge in [-0.3, -0.25) is 9.69 Å². The number of benzene rings is 2. The van der Waals surface area contributed by atoms with Crippen LogP contribution >= 0.6 is 0 Å². The van der Waals surface area contributed by atoms with Gasteiger partial charge in [0.2, 0.25) is 15.9 Å². The van der Waals surface area contributed by atoms with Crippen molar-refractivity contribution in [3.05, 3.63) is 53.6 Å². The average molecular weight is 472 g/mol. The van der Waals surface area contributed by atoms with Crippen LogP contribution in [-0.2, 0) is 21.2 Å². The zero-order chi connectivity index (χ0) is 22.8. The molecule has 0 aromatic heterocycles. The highest BCUT2D eigenvalue weighted by Gasteiger charge is 2.31. The maximum Gasteiger partial charge on any atom is 0.243 e. The summed E-state index contributed by atoms with van der Waals surface area (Å²) in [7, 11) is -3.63. The molecule has 176 valence electrons. The highest BCUT2D eigenvalue weighted by Crippen LogP contribution is 2.33. The molecule has 1 saturated heterocycles. The molecule has 0 spiro atoms. The minimum Gasteiger partial charge on any atom is -0.486 e. The van der Waals surface area contributed by atoms with E-state index in [1.54, 1.807) is 12.1 Å². The lowest BCUT2D eigenvalue weighted by Crippen LogP contribution is -2.51. The molecule has 0 saturated carbocycles. The summed E-state index contributed by atoms with van der Waals surface area (Å²) in [4.78, 5) is 14.9. The van der Waals surface area contributed by atoms with Crippen LogP contribution in [0.4, 0.5) is 0 Å². The molecule has 1 aliphatic carbocycles. The molecule has 2 aromatic rings. The first-order valence-electron chi connectivity index (χ1n) is 11.5. The molecule has 2 aromatic carbocycles. The van der Waals surface area contributed by atoms with E-state index in [0.29, 0.717) is 50.9 Å². The number of ether oxygens (including phenoxy) is 2. The molecular weight excluding hydrogens is 442 g/mol. The molecule has 1 amide bonds. The standard InChI is InChI=1S/C24H29N3O5S/c28-24(25-21-7-3-5-18-4-1-2-6-20(18)21)17-26-10-12-27(13-11-26)33(29,30)19-8-9-22-23(16-19)32-15-14-31-22/h1-2,4,6,8-9,16,21H,3,5,7,10-15,17H2,(H,25,28)/t21-/m0/s1. The van der Waals surface area contributed by atoms with Crippen LogP contribution in [-0.4, -0.2) is 69.5 Å². The van der Waals surface area contributed by atoms with Gasteiger partial charge < -0.3 is 14.8 Å². The van der Waals surface area contributed by atoms with Crippen LogP contribution in [0.3, 0.4) is 0 Å². The second kappa shape index (κ2) is 9.32. The van der Waals surface area contributed by atoms with Crippen molar-refractivity contribution in [1.82, 2.24) is 14.5 Å². The van der Waals surface area contributed by atoms with Crippen molar-refractivity contribution in [3.63, 3.8) is 0 Å². The number of carbonyl (C=O) groups is 1. The van der Waals surface area contributed by atoms with E-state index in [2.05, 4.69) is 17.4 Å². The van der Waals surface area contributed by atoms with Crippen LogP contribution < -0.4 is 14.8 Å². The number of amides is 1. The van der Waals surface area contributed by atoms with Crippen LogP contribution in [0.1, 0.15) is 30.0 Å². The fourth-order valence-electron chi connectivity index (χ4n) is 4.81. The van der Waals surface area contributed by atoms with E-state index in [9.17, 15) is 13.2 Å². The van der Waals surface area contributed by atoms with Gasteiger partial charge in [0.15, 0.2) is 11.5 Å². The summed E-state index contributed by atoms with van der Waals surface area (Å²) in [6.45, 7) is 2.85. The van der Waals surface area contributed by atoms with Gasteiger partial charge in [0.05, 0.1) is 17.5 Å². The van der Waals surface area contributed by atoms with Crippen molar-refractivity contribution in [2.24, 2.45) is 0 Å². The third kappa shape index (κ3) is 4.71. The Kier molecular flexibility index (Phi) is 6.27. The molecule has 0 radical (unpaired) electrons. The van der Waals surface area contributed by atoms with Crippen molar-refractivity contribution in [3.8, 4) is 11.5 Å². The lowest BCUT2D eigenvalue weighted by Gasteiger charge is -2.34. The van der Waals surface area contributed by atoms with Gasteiger partial charge in [-0.05, 0) is 42.5 Å². The minimum atomic E-state index is -3.63. The Labute approximate surface area is 194 Å². The maximum absolute atomic E-state index is 13.1. The lowest BCUT2D eigenvalue weighted by molar-refractivity contribution is -0.123. The summed E-state index contributed by atoms with van der Waals surface area (Å²) in [5, 5.41) is 3.18. The highest BCUT2D eigenvalue weighted by atomic mass is 32.2. The molecule has 1 N–H and O–H groups in total. The Morgan fingerprint density at radius 3 is 2.58 bits per heavy atom. The van der Waals surface area contributed by atoms with Gasteiger partial charge in [0, 0.05) is 32.2 Å². The van der Waals surface area contributed by atoms with Crippen LogP contribution in [0.15, 0.2) is 47.4 Å². The topological polar surface area (TPSA) is 88.2 Å². The minimum absolute atomic E-state index is 0.0140. The van der Waals surface area contributed by atoms with Gasteiger partial charge in [-0.25, -0.2) is 8.42 Å². The summed E-state index contributed by atoms with van der Waals surface area (Å²) in [6.07, 6.45) is 3.07. The van der Waals surface area contributed by atoms with E-state index in [4.69, 9.17) is 9.47 Å². The molecule has 2 aliphatic heterocycles. The molecule has 1 fully saturated rings. The van der Waals surface area contributed by atoms with Gasteiger partial charge >= 0.3 is 0 Å². The first-order valence-corrected chi connectivity index (χ1v) is 12.9. The number of aryl methyl sites for hydroxylation is 1. The monoisotopic (exact) mass is 471 g/mol. The SMILES string of the molecule is O=C(CN1CCN(S(=O)(=O)c2ccc3c(c2)OCCO3)CC1)N[C@H]1CCCc2ccccc21. The van der Waals surface area contributed by atoms with E-state index < -0.39 is 10.0 Å². The maximum atomic E-state index is 13.1. The number of nitrogens with one attached hydrogen (secondary N) is 1. The Bertz CT molecular complexity index is 1130. The van der Waals surface area contributed by atoms with Crippen molar-refractivity contribution in [2.45, 2.75) is 30.2 Å². The van der Waals surface area contributed by atoms with E-state index >= 15 is 0 Å². The smallest absolute Gasteiger partial charge is 0.243 e. The summed E-state index contributed by atoms with van der Waals surface area (Å²) < 4.78 is 38.7. The van der Waals surface area contributed by atoms with Gasteiger partial charge in [-0.1, -0.05) is 24.3 Å². The van der Waals surface area contributed by atoms with E-state index in [1.807, 2.05) is 17.0 Å². The van der Waals surface area contributed by atoms with Crippen LogP contribution in [0.5, 0.6) is 11.5 Å². The van der Waals surface area contributed by atoms with E-state index in [0.717, 1.165) is 19.3 Å². The van der Waals surface area contributed by atoms with E-state index in [-0.39, 0.29) is 23.4 Å². The molecule has 2 heterocycles. The molecule has 0 unspecified atom stereocenters. The zero-order valence-corrected chi connectivity index (χ0v) is 19.4. The number of piperazine rings is 1. The van der Waals surface area contributed by atoms with Gasteiger partial charge in [0.25, 0.3) is 0 Å². The molecular formula is C24H29N3O5S. The quantitative estimate of drug-likeness (QED) is 0.717. The molecule has 1 atom stereocenters. The highest BCUT2D eigenvalue weighted by molar-refractivity contribution is 7.89. The molecule has 9 heteroatoms. The zero-order valence-electron chi connectivity index (χ0n) is 18.5. The number of rotatable bonds is 5. The summed E-state index contributed by atoms with van der Waals surface area (Å²) in [5.74, 6) is 1.01. The van der Waals surface area contributed by atoms with Crippen molar-refractivity contribution in [2.75, 3.05) is 45.9 Å². The lowest BCUT2D eigenvalue weighted by atomic mass is 9.88. The number of carbonyl (C=O) groups excluding carboxylic acids is 1. The predicted molar refractivity (Wildman–Crippen MR) is 123 cm³/mol. The fourth-order valence-corrected chi connectivity index (χ4v) is 6.25. The van der Waals surface area contributed by atoms with Gasteiger partial charge in [0.1, 0.15) is 13.2 Å². The summed E-state index contributed by atoms with van der Waals surface area (Å²) >= 11 is 0. The molecule has 33 heavy (non-hydrogen) atoms. The van der Waals surface area contributed by atoms with Crippen molar-refractivity contribution >= 4 is 15.9 Å². The Morgan fingerprint density at radius 1 is 1.00 bits per heavy atom. The van der Waals surface area contributed by atoms with E-state index in [1.165, 1.54) is 21.5 Å². The van der Waals surface area contributed by atoms with Crippen LogP contribution in [0.2, 0.25) is 0 Å². The van der Waals surface area contributed by atoms with Crippen LogP contribution in [0, 0.1) is 0 Å². The molecule has 5 rings (SSSR count). The Balaban J connectivity index is 1.16.